The van der Waals surface area contributed by atoms with Crippen molar-refractivity contribution >= 4 is 23.4 Å². The fourth-order valence-electron chi connectivity index (χ4n) is 1.07. The van der Waals surface area contributed by atoms with E-state index in [1.807, 2.05) is 0 Å². The number of alkyl halides is 2. The number of hydrogen-bond donors (Lipinski definition) is 1. The van der Waals surface area contributed by atoms with Gasteiger partial charge in [-0.25, -0.2) is 18.4 Å². The Morgan fingerprint density at radius 3 is 3.07 bits per heavy atom. The van der Waals surface area contributed by atoms with E-state index in [0.717, 1.165) is 4.68 Å². The van der Waals surface area contributed by atoms with Crippen molar-refractivity contribution in [1.82, 2.24) is 25.0 Å². The normalized spacial score (nSPS) is 11.4. The van der Waals surface area contributed by atoms with Gasteiger partial charge in [0.05, 0.1) is 6.33 Å². The molecule has 0 aliphatic heterocycles. The Balaban J connectivity index is 2.58. The molecule has 14 heavy (non-hydrogen) atoms. The van der Waals surface area contributed by atoms with E-state index in [1.54, 1.807) is 0 Å². The van der Waals surface area contributed by atoms with E-state index in [0.29, 0.717) is 11.2 Å². The molecule has 0 aliphatic rings. The van der Waals surface area contributed by atoms with Gasteiger partial charge in [-0.1, -0.05) is 17.4 Å². The van der Waals surface area contributed by atoms with Crippen LogP contribution in [0, 0.1) is 4.64 Å². The second-order valence-electron chi connectivity index (χ2n) is 2.57. The second-order valence-corrected chi connectivity index (χ2v) is 2.95. The lowest BCUT2D eigenvalue weighted by Gasteiger charge is -1.99. The zero-order chi connectivity index (χ0) is 10.1. The van der Waals surface area contributed by atoms with Crippen molar-refractivity contribution < 1.29 is 8.78 Å². The molecule has 0 aliphatic carbocycles. The molecule has 0 spiro atoms. The Kier molecular flexibility index (Phi) is 2.20. The molecule has 0 fully saturated rings. The molecule has 0 saturated carbocycles. The molecule has 0 amide bonds. The first-order valence-electron chi connectivity index (χ1n) is 3.73. The molecule has 0 saturated heterocycles. The Bertz CT molecular complexity index is 504. The lowest BCUT2D eigenvalue weighted by Crippen LogP contribution is -2.08. The topological polar surface area (TPSA) is 59.4 Å². The average Bonchev–Trinajstić information content (AvgIpc) is 2.49. The lowest BCUT2D eigenvalue weighted by molar-refractivity contribution is 0.122. The first-order chi connectivity index (χ1) is 6.68. The summed E-state index contributed by atoms with van der Waals surface area (Å²) in [6.45, 7) is -0.508. The summed E-state index contributed by atoms with van der Waals surface area (Å²) in [5, 5.41) is 7.20. The van der Waals surface area contributed by atoms with Crippen LogP contribution >= 0.6 is 12.2 Å². The molecule has 8 heteroatoms. The van der Waals surface area contributed by atoms with Crippen molar-refractivity contribution in [3.05, 3.63) is 11.0 Å². The van der Waals surface area contributed by atoms with Crippen LogP contribution in [0.3, 0.4) is 0 Å². The summed E-state index contributed by atoms with van der Waals surface area (Å²) in [5.74, 6) is 0. The molecular weight excluding hydrogens is 212 g/mol. The average molecular weight is 217 g/mol. The highest BCUT2D eigenvalue weighted by molar-refractivity contribution is 7.71. The van der Waals surface area contributed by atoms with Crippen molar-refractivity contribution in [3.8, 4) is 0 Å². The van der Waals surface area contributed by atoms with Crippen LogP contribution in [0.5, 0.6) is 0 Å². The minimum Gasteiger partial charge on any atom is -0.329 e. The molecular formula is C6H5F2N5S. The monoisotopic (exact) mass is 217 g/mol. The van der Waals surface area contributed by atoms with Gasteiger partial charge >= 0.3 is 0 Å². The summed E-state index contributed by atoms with van der Waals surface area (Å²) in [7, 11) is 0. The summed E-state index contributed by atoms with van der Waals surface area (Å²) in [4.78, 5) is 6.43. The van der Waals surface area contributed by atoms with Gasteiger partial charge in [0, 0.05) is 0 Å². The number of fused-ring (bicyclic) bond motifs is 1. The van der Waals surface area contributed by atoms with E-state index in [1.165, 1.54) is 6.33 Å². The van der Waals surface area contributed by atoms with E-state index >= 15 is 0 Å². The van der Waals surface area contributed by atoms with E-state index in [4.69, 9.17) is 12.2 Å². The molecule has 1 N–H and O–H groups in total. The van der Waals surface area contributed by atoms with Crippen molar-refractivity contribution in [2.24, 2.45) is 0 Å². The zero-order valence-corrected chi connectivity index (χ0v) is 7.63. The van der Waals surface area contributed by atoms with Crippen LogP contribution in [0.4, 0.5) is 8.78 Å². The highest BCUT2D eigenvalue weighted by atomic mass is 32.1. The number of H-pyrrole nitrogens is 1. The van der Waals surface area contributed by atoms with Crippen LogP contribution in [0.15, 0.2) is 6.33 Å². The summed E-state index contributed by atoms with van der Waals surface area (Å²) in [5.41, 5.74) is 0.702. The number of nitrogens with one attached hydrogen (secondary N) is 1. The fourth-order valence-corrected chi connectivity index (χ4v) is 1.26. The van der Waals surface area contributed by atoms with Gasteiger partial charge in [0.15, 0.2) is 15.8 Å². The van der Waals surface area contributed by atoms with Crippen molar-refractivity contribution in [3.63, 3.8) is 0 Å². The zero-order valence-electron chi connectivity index (χ0n) is 6.81. The molecule has 0 radical (unpaired) electrons. The van der Waals surface area contributed by atoms with E-state index in [9.17, 15) is 8.78 Å². The smallest absolute Gasteiger partial charge is 0.258 e. The number of aromatic nitrogens is 5. The van der Waals surface area contributed by atoms with Crippen molar-refractivity contribution in [2.45, 2.75) is 13.0 Å². The van der Waals surface area contributed by atoms with Crippen LogP contribution in [-0.4, -0.2) is 31.4 Å². The molecule has 0 atom stereocenters. The highest BCUT2D eigenvalue weighted by Crippen LogP contribution is 2.08. The number of nitrogens with zero attached hydrogens (tertiary/aromatic N) is 4. The maximum atomic E-state index is 12.1. The van der Waals surface area contributed by atoms with Crippen molar-refractivity contribution in [1.29, 1.82) is 0 Å². The SMILES string of the molecule is FC(F)Cn1nnc2c(=S)nc[nH]c21. The van der Waals surface area contributed by atoms with Gasteiger partial charge in [-0.15, -0.1) is 5.10 Å². The first kappa shape index (κ1) is 9.13. The van der Waals surface area contributed by atoms with Gasteiger partial charge in [-0.2, -0.15) is 0 Å². The lowest BCUT2D eigenvalue weighted by atomic mass is 10.5. The van der Waals surface area contributed by atoms with Crippen LogP contribution in [0.2, 0.25) is 0 Å². The standard InChI is InChI=1S/C6H5F2N5S/c7-3(8)1-13-5-4(11-12-13)6(14)10-2-9-5/h2-3H,1H2,(H,9,10,14). The highest BCUT2D eigenvalue weighted by Gasteiger charge is 2.10. The summed E-state index contributed by atoms with van der Waals surface area (Å²) < 4.78 is 25.5. The predicted octanol–water partition coefficient (Wildman–Crippen LogP) is 1.15. The second kappa shape index (κ2) is 3.37. The molecule has 5 nitrogen and oxygen atoms in total. The van der Waals surface area contributed by atoms with Gasteiger partial charge < -0.3 is 4.98 Å². The summed E-state index contributed by atoms with van der Waals surface area (Å²) in [6.07, 6.45) is -1.15. The number of hydrogen-bond acceptors (Lipinski definition) is 4. The Morgan fingerprint density at radius 2 is 2.36 bits per heavy atom. The minimum atomic E-state index is -2.48. The van der Waals surface area contributed by atoms with Crippen LogP contribution in [0.25, 0.3) is 11.2 Å². The molecule has 0 aromatic carbocycles. The number of rotatable bonds is 2. The van der Waals surface area contributed by atoms with Gasteiger partial charge in [0.1, 0.15) is 6.54 Å². The van der Waals surface area contributed by atoms with Gasteiger partial charge in [-0.05, 0) is 0 Å². The first-order valence-corrected chi connectivity index (χ1v) is 4.14. The molecule has 2 aromatic heterocycles. The Labute approximate surface area is 81.8 Å². The van der Waals surface area contributed by atoms with E-state index in [-0.39, 0.29) is 4.64 Å². The van der Waals surface area contributed by atoms with E-state index in [2.05, 4.69) is 20.3 Å². The van der Waals surface area contributed by atoms with Gasteiger partial charge in [-0.3, -0.25) is 0 Å². The molecule has 2 aromatic rings. The Morgan fingerprint density at radius 1 is 1.57 bits per heavy atom. The number of aromatic amines is 1. The van der Waals surface area contributed by atoms with Crippen LogP contribution in [-0.2, 0) is 6.54 Å². The molecule has 2 rings (SSSR count). The summed E-state index contributed by atoms with van der Waals surface area (Å²) >= 11 is 4.85. The van der Waals surface area contributed by atoms with Gasteiger partial charge in [0.25, 0.3) is 6.43 Å². The van der Waals surface area contributed by atoms with E-state index < -0.39 is 13.0 Å². The third-order valence-corrected chi connectivity index (χ3v) is 1.93. The fraction of sp³-hybridized carbons (Fsp3) is 0.333. The third-order valence-electron chi connectivity index (χ3n) is 1.63. The molecule has 0 unspecified atom stereocenters. The maximum absolute atomic E-state index is 12.1. The predicted molar refractivity (Wildman–Crippen MR) is 46.5 cm³/mol. The Hall–Kier alpha value is -1.44. The van der Waals surface area contributed by atoms with Gasteiger partial charge in [0.2, 0.25) is 0 Å². The third kappa shape index (κ3) is 1.48. The quantitative estimate of drug-likeness (QED) is 0.766. The molecule has 2 heterocycles. The largest absolute Gasteiger partial charge is 0.329 e. The molecule has 74 valence electrons. The molecule has 0 bridgehead atoms. The maximum Gasteiger partial charge on any atom is 0.258 e. The van der Waals surface area contributed by atoms with Crippen LogP contribution in [0.1, 0.15) is 0 Å². The number of halogens is 2. The summed E-state index contributed by atoms with van der Waals surface area (Å²) in [6, 6.07) is 0. The van der Waals surface area contributed by atoms with Crippen molar-refractivity contribution in [2.75, 3.05) is 0 Å². The van der Waals surface area contributed by atoms with Crippen LogP contribution < -0.4 is 0 Å². The minimum absolute atomic E-state index is 0.249.